The Bertz CT molecular complexity index is 1130. The molecule has 0 bridgehead atoms. The Morgan fingerprint density at radius 1 is 1.03 bits per heavy atom. The molecule has 2 heterocycles. The molecule has 4 rings (SSSR count). The zero-order valence-corrected chi connectivity index (χ0v) is 18.8. The van der Waals surface area contributed by atoms with Gasteiger partial charge in [0.05, 0.1) is 20.8 Å². The Hall–Kier alpha value is -3.03. The Morgan fingerprint density at radius 3 is 2.55 bits per heavy atom. The first-order valence-electron chi connectivity index (χ1n) is 10.2. The van der Waals surface area contributed by atoms with Gasteiger partial charge in [-0.2, -0.15) is 0 Å². The SMILES string of the molecule is CCc1ccc(N(C(=O)CCCNC(=O)c2cccs2)c2nc3ccccc3s2)cc1. The first kappa shape index (κ1) is 21.2. The lowest BCUT2D eigenvalue weighted by Crippen LogP contribution is -2.28. The normalized spacial score (nSPS) is 10.9. The van der Waals surface area contributed by atoms with E-state index in [-0.39, 0.29) is 11.8 Å². The quantitative estimate of drug-likeness (QED) is 0.346. The van der Waals surface area contributed by atoms with Crippen molar-refractivity contribution in [2.24, 2.45) is 0 Å². The third-order valence-corrected chi connectivity index (χ3v) is 6.81. The van der Waals surface area contributed by atoms with Gasteiger partial charge in [0, 0.05) is 13.0 Å². The number of carbonyl (C=O) groups is 2. The predicted molar refractivity (Wildman–Crippen MR) is 128 cm³/mol. The highest BCUT2D eigenvalue weighted by Crippen LogP contribution is 2.34. The maximum atomic E-state index is 13.2. The van der Waals surface area contributed by atoms with Crippen molar-refractivity contribution in [3.8, 4) is 0 Å². The van der Waals surface area contributed by atoms with Gasteiger partial charge in [0.25, 0.3) is 5.91 Å². The largest absolute Gasteiger partial charge is 0.351 e. The summed E-state index contributed by atoms with van der Waals surface area (Å²) in [4.78, 5) is 32.4. The standard InChI is InChI=1S/C24H23N3O2S2/c1-2-17-11-13-18(14-12-17)27(24-26-19-7-3-4-8-20(19)31-24)22(28)10-5-15-25-23(29)21-9-6-16-30-21/h3-4,6-9,11-14,16H,2,5,10,15H2,1H3,(H,25,29). The number of anilines is 2. The van der Waals surface area contributed by atoms with Crippen LogP contribution in [0.15, 0.2) is 66.0 Å². The molecule has 1 N–H and O–H groups in total. The Morgan fingerprint density at radius 2 is 1.84 bits per heavy atom. The van der Waals surface area contributed by atoms with Gasteiger partial charge < -0.3 is 5.32 Å². The van der Waals surface area contributed by atoms with E-state index in [0.717, 1.165) is 22.3 Å². The zero-order chi connectivity index (χ0) is 21.6. The number of amides is 2. The minimum absolute atomic E-state index is 0.0336. The molecule has 158 valence electrons. The van der Waals surface area contributed by atoms with Crippen LogP contribution in [0, 0.1) is 0 Å². The molecule has 5 nitrogen and oxygen atoms in total. The lowest BCUT2D eigenvalue weighted by molar-refractivity contribution is -0.118. The minimum Gasteiger partial charge on any atom is -0.351 e. The molecule has 0 aliphatic carbocycles. The number of thiophene rings is 1. The highest BCUT2D eigenvalue weighted by Gasteiger charge is 2.21. The summed E-state index contributed by atoms with van der Waals surface area (Å²) in [5.74, 6) is -0.130. The van der Waals surface area contributed by atoms with Gasteiger partial charge in [-0.3, -0.25) is 14.5 Å². The molecule has 4 aromatic rings. The number of nitrogens with zero attached hydrogens (tertiary/aromatic N) is 2. The second-order valence-electron chi connectivity index (χ2n) is 7.05. The fraction of sp³-hybridized carbons (Fsp3) is 0.208. The van der Waals surface area contributed by atoms with Crippen molar-refractivity contribution in [3.05, 3.63) is 76.5 Å². The van der Waals surface area contributed by atoms with Crippen LogP contribution in [-0.4, -0.2) is 23.3 Å². The molecule has 0 aliphatic rings. The molecule has 2 amide bonds. The molecule has 0 saturated carbocycles. The zero-order valence-electron chi connectivity index (χ0n) is 17.2. The number of para-hydroxylation sites is 1. The summed E-state index contributed by atoms with van der Waals surface area (Å²) in [6.45, 7) is 2.56. The molecule has 2 aromatic heterocycles. The third kappa shape index (κ3) is 5.00. The molecule has 0 aliphatic heterocycles. The van der Waals surface area contributed by atoms with Crippen molar-refractivity contribution in [3.63, 3.8) is 0 Å². The van der Waals surface area contributed by atoms with Crippen molar-refractivity contribution in [1.29, 1.82) is 0 Å². The monoisotopic (exact) mass is 449 g/mol. The Labute approximate surface area is 189 Å². The van der Waals surface area contributed by atoms with Crippen LogP contribution in [0.25, 0.3) is 10.2 Å². The van der Waals surface area contributed by atoms with Crippen LogP contribution in [0.3, 0.4) is 0 Å². The molecule has 0 atom stereocenters. The fourth-order valence-corrected chi connectivity index (χ4v) is 4.89. The highest BCUT2D eigenvalue weighted by molar-refractivity contribution is 7.22. The van der Waals surface area contributed by atoms with Gasteiger partial charge in [-0.15, -0.1) is 11.3 Å². The number of fused-ring (bicyclic) bond motifs is 1. The van der Waals surface area contributed by atoms with E-state index >= 15 is 0 Å². The fourth-order valence-electron chi connectivity index (χ4n) is 3.25. The molecule has 7 heteroatoms. The van der Waals surface area contributed by atoms with E-state index in [1.807, 2.05) is 60.0 Å². The average Bonchev–Trinajstić information content (AvgIpc) is 3.47. The molecule has 0 radical (unpaired) electrons. The van der Waals surface area contributed by atoms with E-state index in [0.29, 0.717) is 29.4 Å². The van der Waals surface area contributed by atoms with E-state index in [4.69, 9.17) is 4.98 Å². The summed E-state index contributed by atoms with van der Waals surface area (Å²) in [5, 5.41) is 5.42. The van der Waals surface area contributed by atoms with Crippen molar-refractivity contribution in [2.75, 3.05) is 11.4 Å². The minimum atomic E-state index is -0.0966. The first-order valence-corrected chi connectivity index (χ1v) is 11.9. The number of aryl methyl sites for hydroxylation is 1. The molecular weight excluding hydrogens is 426 g/mol. The molecule has 0 spiro atoms. The summed E-state index contributed by atoms with van der Waals surface area (Å²) in [6, 6.07) is 19.6. The average molecular weight is 450 g/mol. The molecule has 0 saturated heterocycles. The van der Waals surface area contributed by atoms with Crippen LogP contribution in [0.2, 0.25) is 0 Å². The van der Waals surface area contributed by atoms with Crippen LogP contribution in [0.5, 0.6) is 0 Å². The number of carbonyl (C=O) groups excluding carboxylic acids is 2. The number of benzene rings is 2. The summed E-state index contributed by atoms with van der Waals surface area (Å²) in [6.07, 6.45) is 1.82. The van der Waals surface area contributed by atoms with E-state index in [1.165, 1.54) is 28.2 Å². The van der Waals surface area contributed by atoms with E-state index < -0.39 is 0 Å². The summed E-state index contributed by atoms with van der Waals surface area (Å²) in [7, 11) is 0. The van der Waals surface area contributed by atoms with Gasteiger partial charge in [-0.05, 0) is 54.1 Å². The van der Waals surface area contributed by atoms with Gasteiger partial charge in [0.15, 0.2) is 5.13 Å². The van der Waals surface area contributed by atoms with E-state index in [9.17, 15) is 9.59 Å². The van der Waals surface area contributed by atoms with Crippen molar-refractivity contribution >= 4 is 55.5 Å². The number of hydrogen-bond acceptors (Lipinski definition) is 5. The number of nitrogens with one attached hydrogen (secondary N) is 1. The van der Waals surface area contributed by atoms with E-state index in [1.54, 1.807) is 11.0 Å². The summed E-state index contributed by atoms with van der Waals surface area (Å²) >= 11 is 2.91. The second-order valence-corrected chi connectivity index (χ2v) is 9.01. The van der Waals surface area contributed by atoms with E-state index in [2.05, 4.69) is 12.2 Å². The first-order chi connectivity index (χ1) is 15.2. The molecule has 0 unspecified atom stereocenters. The second kappa shape index (κ2) is 9.85. The molecular formula is C24H23N3O2S2. The van der Waals surface area contributed by atoms with Gasteiger partial charge in [-0.25, -0.2) is 4.98 Å². The lowest BCUT2D eigenvalue weighted by Gasteiger charge is -2.20. The van der Waals surface area contributed by atoms with Gasteiger partial charge >= 0.3 is 0 Å². The summed E-state index contributed by atoms with van der Waals surface area (Å²) in [5.41, 5.74) is 2.91. The van der Waals surface area contributed by atoms with Crippen molar-refractivity contribution < 1.29 is 9.59 Å². The smallest absolute Gasteiger partial charge is 0.261 e. The lowest BCUT2D eigenvalue weighted by atomic mass is 10.1. The number of rotatable bonds is 8. The molecule has 2 aromatic carbocycles. The Kier molecular flexibility index (Phi) is 6.74. The molecule has 0 fully saturated rings. The maximum Gasteiger partial charge on any atom is 0.261 e. The summed E-state index contributed by atoms with van der Waals surface area (Å²) < 4.78 is 1.05. The topological polar surface area (TPSA) is 62.3 Å². The van der Waals surface area contributed by atoms with Crippen LogP contribution in [-0.2, 0) is 11.2 Å². The highest BCUT2D eigenvalue weighted by atomic mass is 32.1. The Balaban J connectivity index is 1.49. The number of thiazole rings is 1. The number of hydrogen-bond donors (Lipinski definition) is 1. The van der Waals surface area contributed by atoms with Crippen LogP contribution < -0.4 is 10.2 Å². The van der Waals surface area contributed by atoms with Gasteiger partial charge in [-0.1, -0.05) is 48.6 Å². The third-order valence-electron chi connectivity index (χ3n) is 4.92. The van der Waals surface area contributed by atoms with Gasteiger partial charge in [0.1, 0.15) is 0 Å². The van der Waals surface area contributed by atoms with Gasteiger partial charge in [0.2, 0.25) is 5.91 Å². The van der Waals surface area contributed by atoms with Crippen LogP contribution >= 0.6 is 22.7 Å². The molecule has 31 heavy (non-hydrogen) atoms. The van der Waals surface area contributed by atoms with Crippen molar-refractivity contribution in [2.45, 2.75) is 26.2 Å². The number of aromatic nitrogens is 1. The maximum absolute atomic E-state index is 13.2. The predicted octanol–water partition coefficient (Wildman–Crippen LogP) is 5.80. The van der Waals surface area contributed by atoms with Crippen LogP contribution in [0.4, 0.5) is 10.8 Å². The van der Waals surface area contributed by atoms with Crippen molar-refractivity contribution in [1.82, 2.24) is 10.3 Å². The van der Waals surface area contributed by atoms with Crippen LogP contribution in [0.1, 0.15) is 35.0 Å².